The minimum atomic E-state index is 0.631. The average Bonchev–Trinajstić information content (AvgIpc) is 3.74. The molecule has 6 heteroatoms. The zero-order valence-corrected chi connectivity index (χ0v) is 22.9. The quantitative estimate of drug-likeness (QED) is 0.217. The highest BCUT2D eigenvalue weighted by Gasteiger charge is 2.24. The third-order valence-electron chi connectivity index (χ3n) is 8.60. The van der Waals surface area contributed by atoms with E-state index < -0.39 is 0 Å². The summed E-state index contributed by atoms with van der Waals surface area (Å²) in [6.07, 6.45) is 0. The van der Waals surface area contributed by atoms with Crippen molar-refractivity contribution < 1.29 is 0 Å². The minimum Gasteiger partial charge on any atom is -0.290 e. The van der Waals surface area contributed by atoms with Crippen LogP contribution in [0.1, 0.15) is 0 Å². The van der Waals surface area contributed by atoms with Crippen LogP contribution in [-0.4, -0.2) is 28.3 Å². The molecule has 43 heavy (non-hydrogen) atoms. The second-order valence-corrected chi connectivity index (χ2v) is 11.0. The molecule has 0 aliphatic carbocycles. The fourth-order valence-corrected chi connectivity index (χ4v) is 6.79. The second kappa shape index (κ2) is 8.27. The summed E-state index contributed by atoms with van der Waals surface area (Å²) in [5, 5.41) is 3.30. The lowest BCUT2D eigenvalue weighted by atomic mass is 10.1. The van der Waals surface area contributed by atoms with Crippen LogP contribution in [0.15, 0.2) is 133 Å². The molecule has 0 fully saturated rings. The molecule has 0 amide bonds. The minimum absolute atomic E-state index is 0.631. The Hall–Kier alpha value is -6.01. The van der Waals surface area contributed by atoms with Crippen LogP contribution in [0.3, 0.4) is 0 Å². The van der Waals surface area contributed by atoms with E-state index in [1.807, 2.05) is 12.1 Å². The van der Waals surface area contributed by atoms with Gasteiger partial charge >= 0.3 is 0 Å². The Morgan fingerprint density at radius 2 is 1.14 bits per heavy atom. The van der Waals surface area contributed by atoms with Gasteiger partial charge in [0.05, 0.1) is 44.3 Å². The molecule has 5 aromatic heterocycles. The third-order valence-corrected chi connectivity index (χ3v) is 8.60. The van der Waals surface area contributed by atoms with Gasteiger partial charge in [0, 0.05) is 21.7 Å². The Bertz CT molecular complexity index is 2730. The molecular formula is C37H22N6. The molecule has 10 rings (SSSR count). The zero-order valence-electron chi connectivity index (χ0n) is 22.9. The van der Waals surface area contributed by atoms with Crippen LogP contribution in [0, 0.1) is 0 Å². The number of nitrogens with zero attached hydrogens (tertiary/aromatic N) is 6. The first-order valence-electron chi connectivity index (χ1n) is 14.4. The lowest BCUT2D eigenvalue weighted by Gasteiger charge is -2.13. The van der Waals surface area contributed by atoms with E-state index in [4.69, 9.17) is 15.0 Å². The molecule has 5 aromatic carbocycles. The standard InChI is InChI=1S/C37H22N6/c1-2-12-23(13-3-1)33-25-15-5-7-17-27(25)39-37(40-33)43-30-20-10-6-16-26(30)34-36(43)41-29-19-9-4-14-24(29)22-32(41)35-38-28-18-8-11-21-31(28)42(34)35/h1-22H. The smallest absolute Gasteiger partial charge is 0.237 e. The molecule has 0 saturated carbocycles. The second-order valence-electron chi connectivity index (χ2n) is 11.0. The van der Waals surface area contributed by atoms with Crippen molar-refractivity contribution in [1.82, 2.24) is 28.3 Å². The van der Waals surface area contributed by atoms with E-state index in [1.54, 1.807) is 0 Å². The summed E-state index contributed by atoms with van der Waals surface area (Å²) in [6, 6.07) is 46.4. The SMILES string of the molecule is c1ccc(-c2nc(-n3c4ccccc4c4c3n3c5ccccc5cc3c3nc5ccccc5n34)nc3ccccc23)cc1. The van der Waals surface area contributed by atoms with Gasteiger partial charge in [-0.25, -0.2) is 15.0 Å². The third kappa shape index (κ3) is 2.99. The summed E-state index contributed by atoms with van der Waals surface area (Å²) >= 11 is 0. The van der Waals surface area contributed by atoms with Gasteiger partial charge in [-0.05, 0) is 36.4 Å². The van der Waals surface area contributed by atoms with Crippen molar-refractivity contribution >= 4 is 66.1 Å². The van der Waals surface area contributed by atoms with Crippen molar-refractivity contribution in [2.75, 3.05) is 0 Å². The number of hydrogen-bond acceptors (Lipinski definition) is 3. The van der Waals surface area contributed by atoms with Crippen molar-refractivity contribution in [3.8, 4) is 17.2 Å². The first-order chi connectivity index (χ1) is 21.3. The summed E-state index contributed by atoms with van der Waals surface area (Å²) in [6.45, 7) is 0. The fourth-order valence-electron chi connectivity index (χ4n) is 6.79. The van der Waals surface area contributed by atoms with E-state index in [2.05, 4.69) is 135 Å². The van der Waals surface area contributed by atoms with Crippen molar-refractivity contribution in [2.45, 2.75) is 0 Å². The number of fused-ring (bicyclic) bond motifs is 13. The molecule has 10 aromatic rings. The summed E-state index contributed by atoms with van der Waals surface area (Å²) in [4.78, 5) is 15.7. The molecular weight excluding hydrogens is 528 g/mol. The highest BCUT2D eigenvalue weighted by Crippen LogP contribution is 2.38. The summed E-state index contributed by atoms with van der Waals surface area (Å²) in [5.74, 6) is 0.631. The van der Waals surface area contributed by atoms with E-state index in [9.17, 15) is 0 Å². The lowest BCUT2D eigenvalue weighted by Crippen LogP contribution is -2.06. The summed E-state index contributed by atoms with van der Waals surface area (Å²) < 4.78 is 6.89. The number of hydrogen-bond donors (Lipinski definition) is 0. The molecule has 200 valence electrons. The molecule has 0 saturated heterocycles. The Morgan fingerprint density at radius 3 is 2.00 bits per heavy atom. The van der Waals surface area contributed by atoms with Gasteiger partial charge in [-0.1, -0.05) is 97.1 Å². The molecule has 0 spiro atoms. The molecule has 0 N–H and O–H groups in total. The monoisotopic (exact) mass is 550 g/mol. The topological polar surface area (TPSA) is 52.4 Å². The molecule has 0 unspecified atom stereocenters. The zero-order chi connectivity index (χ0) is 28.1. The molecule has 6 nitrogen and oxygen atoms in total. The van der Waals surface area contributed by atoms with Gasteiger partial charge in [0.25, 0.3) is 0 Å². The van der Waals surface area contributed by atoms with Gasteiger partial charge in [-0.15, -0.1) is 0 Å². The van der Waals surface area contributed by atoms with Crippen molar-refractivity contribution in [1.29, 1.82) is 0 Å². The van der Waals surface area contributed by atoms with Crippen LogP contribution in [0.5, 0.6) is 0 Å². The molecule has 0 aliphatic rings. The summed E-state index contributed by atoms with van der Waals surface area (Å²) in [7, 11) is 0. The van der Waals surface area contributed by atoms with Gasteiger partial charge in [-0.2, -0.15) is 0 Å². The molecule has 0 bridgehead atoms. The maximum Gasteiger partial charge on any atom is 0.237 e. The number of para-hydroxylation sites is 5. The normalized spacial score (nSPS) is 12.2. The predicted molar refractivity (Wildman–Crippen MR) is 174 cm³/mol. The number of benzene rings is 5. The van der Waals surface area contributed by atoms with Crippen LogP contribution in [0.4, 0.5) is 0 Å². The van der Waals surface area contributed by atoms with Crippen LogP contribution in [-0.2, 0) is 0 Å². The van der Waals surface area contributed by atoms with Crippen LogP contribution < -0.4 is 0 Å². The van der Waals surface area contributed by atoms with Gasteiger partial charge in [-0.3, -0.25) is 13.4 Å². The van der Waals surface area contributed by atoms with Gasteiger partial charge in [0.15, 0.2) is 11.3 Å². The number of imidazole rings is 1. The van der Waals surface area contributed by atoms with E-state index in [1.165, 1.54) is 0 Å². The molecule has 5 heterocycles. The number of aromatic nitrogens is 6. The van der Waals surface area contributed by atoms with Crippen LogP contribution in [0.2, 0.25) is 0 Å². The highest BCUT2D eigenvalue weighted by molar-refractivity contribution is 6.12. The van der Waals surface area contributed by atoms with E-state index in [-0.39, 0.29) is 0 Å². The Kier molecular flexibility index (Phi) is 4.36. The first-order valence-corrected chi connectivity index (χ1v) is 14.4. The molecule has 0 aliphatic heterocycles. The van der Waals surface area contributed by atoms with Gasteiger partial charge < -0.3 is 0 Å². The van der Waals surface area contributed by atoms with Crippen molar-refractivity contribution in [3.63, 3.8) is 0 Å². The average molecular weight is 551 g/mol. The van der Waals surface area contributed by atoms with E-state index >= 15 is 0 Å². The Labute approximate surface area is 244 Å². The van der Waals surface area contributed by atoms with Crippen molar-refractivity contribution in [3.05, 3.63) is 133 Å². The maximum atomic E-state index is 5.33. The van der Waals surface area contributed by atoms with Gasteiger partial charge in [0.2, 0.25) is 5.95 Å². The molecule has 0 radical (unpaired) electrons. The van der Waals surface area contributed by atoms with E-state index in [0.717, 1.165) is 77.3 Å². The van der Waals surface area contributed by atoms with Crippen LogP contribution >= 0.6 is 0 Å². The molecule has 0 atom stereocenters. The van der Waals surface area contributed by atoms with Crippen molar-refractivity contribution in [2.24, 2.45) is 0 Å². The fraction of sp³-hybridized carbons (Fsp3) is 0. The largest absolute Gasteiger partial charge is 0.290 e. The first kappa shape index (κ1) is 22.7. The Morgan fingerprint density at radius 1 is 0.465 bits per heavy atom. The van der Waals surface area contributed by atoms with Gasteiger partial charge in [0.1, 0.15) is 0 Å². The maximum absolute atomic E-state index is 5.33. The Balaban J connectivity index is 1.49. The predicted octanol–water partition coefficient (Wildman–Crippen LogP) is 8.60. The lowest BCUT2D eigenvalue weighted by molar-refractivity contribution is 0.988. The van der Waals surface area contributed by atoms with E-state index in [0.29, 0.717) is 5.95 Å². The van der Waals surface area contributed by atoms with Crippen LogP contribution in [0.25, 0.3) is 83.3 Å². The number of rotatable bonds is 2. The highest BCUT2D eigenvalue weighted by atomic mass is 15.2. The summed E-state index contributed by atoms with van der Waals surface area (Å²) in [5.41, 5.74) is 11.1.